The number of halogens is 1. The van der Waals surface area contributed by atoms with E-state index in [0.717, 1.165) is 22.5 Å². The van der Waals surface area contributed by atoms with Gasteiger partial charge in [-0.25, -0.2) is 14.4 Å². The van der Waals surface area contributed by atoms with Gasteiger partial charge < -0.3 is 24.8 Å². The maximum atomic E-state index is 14.7. The number of rotatable bonds is 8. The van der Waals surface area contributed by atoms with Gasteiger partial charge in [-0.05, 0) is 26.2 Å². The topological polar surface area (TPSA) is 108 Å². The molecule has 0 spiro atoms. The predicted molar refractivity (Wildman–Crippen MR) is 141 cm³/mol. The Morgan fingerprint density at radius 2 is 2.05 bits per heavy atom. The molecule has 0 radical (unpaired) electrons. The summed E-state index contributed by atoms with van der Waals surface area (Å²) in [6.07, 6.45) is 6.36. The molecule has 0 aliphatic heterocycles. The number of carbonyl (C=O) groups is 1. The highest BCUT2D eigenvalue weighted by Crippen LogP contribution is 2.34. The zero-order valence-electron chi connectivity index (χ0n) is 20.9. The van der Waals surface area contributed by atoms with Crippen LogP contribution in [0.25, 0.3) is 22.2 Å². The molecular formula is C27H26FN7O2. The molecule has 4 aromatic rings. The van der Waals surface area contributed by atoms with Crippen LogP contribution in [0.5, 0.6) is 5.75 Å². The summed E-state index contributed by atoms with van der Waals surface area (Å²) in [6.45, 7) is 0.570. The molecule has 0 fully saturated rings. The van der Waals surface area contributed by atoms with Gasteiger partial charge in [-0.2, -0.15) is 5.26 Å². The fraction of sp³-hybridized carbons (Fsp3) is 0.185. The van der Waals surface area contributed by atoms with Crippen LogP contribution in [0.3, 0.4) is 0 Å². The number of fused-ring (bicyclic) bond motifs is 1. The van der Waals surface area contributed by atoms with Crippen LogP contribution in [-0.4, -0.2) is 53.1 Å². The van der Waals surface area contributed by atoms with Gasteiger partial charge in [0.1, 0.15) is 11.8 Å². The van der Waals surface area contributed by atoms with E-state index in [2.05, 4.69) is 26.7 Å². The minimum atomic E-state index is -0.658. The van der Waals surface area contributed by atoms with Gasteiger partial charge >= 0.3 is 0 Å². The van der Waals surface area contributed by atoms with Gasteiger partial charge in [-0.15, -0.1) is 0 Å². The number of aromatic nitrogens is 3. The van der Waals surface area contributed by atoms with Crippen LogP contribution in [0.1, 0.15) is 5.56 Å². The van der Waals surface area contributed by atoms with E-state index in [1.165, 1.54) is 25.4 Å². The zero-order chi connectivity index (χ0) is 26.5. The standard InChI is InChI=1S/C27H26FN7O2/c1-34(2)11-7-10-25(36)31-21-13-22(24(37-4)12-20(21)28)32-27-30-15-17(14-29)26(33-27)19-16-35(3)23-9-6-5-8-18(19)23/h5-10,12-13,15-16H,11H2,1-4H3,(H,31,36)(H,30,32,33)/b10-7+. The fourth-order valence-electron chi connectivity index (χ4n) is 3.84. The number of hydrogen-bond acceptors (Lipinski definition) is 7. The van der Waals surface area contributed by atoms with Crippen molar-refractivity contribution in [1.82, 2.24) is 19.4 Å². The number of benzene rings is 2. The molecule has 2 aromatic heterocycles. The Hall–Kier alpha value is -4.75. The maximum absolute atomic E-state index is 14.7. The quantitative estimate of drug-likeness (QED) is 0.345. The number of nitrogens with zero attached hydrogens (tertiary/aromatic N) is 5. The molecule has 0 saturated carbocycles. The summed E-state index contributed by atoms with van der Waals surface area (Å²) in [5, 5.41) is 16.2. The van der Waals surface area contributed by atoms with Gasteiger partial charge in [0, 0.05) is 48.4 Å². The number of amides is 1. The summed E-state index contributed by atoms with van der Waals surface area (Å²) in [5.41, 5.74) is 2.84. The first-order valence-electron chi connectivity index (χ1n) is 11.4. The van der Waals surface area contributed by atoms with E-state index in [1.54, 1.807) is 6.08 Å². The van der Waals surface area contributed by atoms with Gasteiger partial charge in [0.25, 0.3) is 0 Å². The second-order valence-electron chi connectivity index (χ2n) is 8.55. The predicted octanol–water partition coefficient (Wildman–Crippen LogP) is 4.45. The molecule has 0 aliphatic rings. The minimum Gasteiger partial charge on any atom is -0.494 e. The number of likely N-dealkylation sites (N-methyl/N-ethyl adjacent to an activating group) is 1. The Balaban J connectivity index is 1.69. The third-order valence-electron chi connectivity index (χ3n) is 5.59. The molecule has 0 unspecified atom stereocenters. The summed E-state index contributed by atoms with van der Waals surface area (Å²) in [5.74, 6) is -0.757. The van der Waals surface area contributed by atoms with Crippen molar-refractivity contribution in [2.75, 3.05) is 38.4 Å². The number of ether oxygens (including phenoxy) is 1. The van der Waals surface area contributed by atoms with Crippen LogP contribution in [0.4, 0.5) is 21.7 Å². The van der Waals surface area contributed by atoms with E-state index in [9.17, 15) is 14.4 Å². The van der Waals surface area contributed by atoms with E-state index in [4.69, 9.17) is 4.74 Å². The molecule has 1 amide bonds. The maximum Gasteiger partial charge on any atom is 0.248 e. The van der Waals surface area contributed by atoms with Gasteiger partial charge in [0.2, 0.25) is 11.9 Å². The van der Waals surface area contributed by atoms with Crippen molar-refractivity contribution in [2.45, 2.75) is 0 Å². The normalized spacial score (nSPS) is 11.2. The van der Waals surface area contributed by atoms with Crippen molar-refractivity contribution in [1.29, 1.82) is 5.26 Å². The fourth-order valence-corrected chi connectivity index (χ4v) is 3.84. The van der Waals surface area contributed by atoms with Crippen LogP contribution < -0.4 is 15.4 Å². The van der Waals surface area contributed by atoms with Crippen molar-refractivity contribution in [2.24, 2.45) is 7.05 Å². The summed E-state index contributed by atoms with van der Waals surface area (Å²) < 4.78 is 22.0. The number of nitriles is 1. The first kappa shape index (κ1) is 25.3. The third kappa shape index (κ3) is 5.58. The summed E-state index contributed by atoms with van der Waals surface area (Å²) in [7, 11) is 7.08. The molecule has 2 aromatic carbocycles. The number of para-hydroxylation sites is 1. The number of nitrogens with one attached hydrogen (secondary N) is 2. The molecule has 2 heterocycles. The lowest BCUT2D eigenvalue weighted by atomic mass is 10.1. The third-order valence-corrected chi connectivity index (χ3v) is 5.59. The molecule has 9 nitrogen and oxygen atoms in total. The second kappa shape index (κ2) is 10.9. The van der Waals surface area contributed by atoms with Crippen molar-refractivity contribution in [3.05, 3.63) is 72.3 Å². The minimum absolute atomic E-state index is 0.0364. The van der Waals surface area contributed by atoms with E-state index < -0.39 is 11.7 Å². The van der Waals surface area contributed by atoms with Crippen molar-refractivity contribution < 1.29 is 13.9 Å². The average Bonchev–Trinajstić information content (AvgIpc) is 3.22. The summed E-state index contributed by atoms with van der Waals surface area (Å²) in [6, 6.07) is 12.5. The van der Waals surface area contributed by atoms with Gasteiger partial charge in [-0.3, -0.25) is 4.79 Å². The summed E-state index contributed by atoms with van der Waals surface area (Å²) in [4.78, 5) is 23.0. The molecule has 2 N–H and O–H groups in total. The van der Waals surface area contributed by atoms with Crippen LogP contribution in [0.2, 0.25) is 0 Å². The molecule has 37 heavy (non-hydrogen) atoms. The molecule has 188 valence electrons. The van der Waals surface area contributed by atoms with Gasteiger partial charge in [0.05, 0.1) is 35.9 Å². The Labute approximate surface area is 213 Å². The van der Waals surface area contributed by atoms with Gasteiger partial charge in [0.15, 0.2) is 5.82 Å². The Morgan fingerprint density at radius 3 is 2.78 bits per heavy atom. The van der Waals surface area contributed by atoms with Crippen molar-refractivity contribution in [3.8, 4) is 23.1 Å². The highest BCUT2D eigenvalue weighted by molar-refractivity contribution is 6.00. The highest BCUT2D eigenvalue weighted by atomic mass is 19.1. The van der Waals surface area contributed by atoms with E-state index in [1.807, 2.05) is 61.1 Å². The highest BCUT2D eigenvalue weighted by Gasteiger charge is 2.17. The Bertz CT molecular complexity index is 1540. The van der Waals surface area contributed by atoms with Crippen molar-refractivity contribution in [3.63, 3.8) is 0 Å². The lowest BCUT2D eigenvalue weighted by Crippen LogP contribution is -2.13. The molecule has 0 atom stereocenters. The molecule has 10 heteroatoms. The van der Waals surface area contributed by atoms with Crippen LogP contribution in [0, 0.1) is 17.1 Å². The lowest BCUT2D eigenvalue weighted by Gasteiger charge is -2.14. The lowest BCUT2D eigenvalue weighted by molar-refractivity contribution is -0.111. The molecule has 0 saturated heterocycles. The van der Waals surface area contributed by atoms with E-state index >= 15 is 0 Å². The number of aryl methyl sites for hydroxylation is 1. The smallest absolute Gasteiger partial charge is 0.248 e. The monoisotopic (exact) mass is 499 g/mol. The molecule has 4 rings (SSSR count). The molecular weight excluding hydrogens is 473 g/mol. The average molecular weight is 500 g/mol. The second-order valence-corrected chi connectivity index (χ2v) is 8.55. The molecule has 0 aliphatic carbocycles. The summed E-state index contributed by atoms with van der Waals surface area (Å²) >= 11 is 0. The largest absolute Gasteiger partial charge is 0.494 e. The zero-order valence-corrected chi connectivity index (χ0v) is 20.9. The Morgan fingerprint density at radius 1 is 1.27 bits per heavy atom. The van der Waals surface area contributed by atoms with E-state index in [0.29, 0.717) is 23.5 Å². The van der Waals surface area contributed by atoms with Crippen LogP contribution in [-0.2, 0) is 11.8 Å². The molecule has 0 bridgehead atoms. The first-order chi connectivity index (χ1) is 17.8. The SMILES string of the molecule is COc1cc(F)c(NC(=O)/C=C/CN(C)C)cc1Nc1ncc(C#N)c(-c2cn(C)c3ccccc23)n1. The van der Waals surface area contributed by atoms with Crippen molar-refractivity contribution >= 4 is 34.1 Å². The van der Waals surface area contributed by atoms with Crippen LogP contribution in [0.15, 0.2) is 60.9 Å². The number of hydrogen-bond donors (Lipinski definition) is 2. The first-order valence-corrected chi connectivity index (χ1v) is 11.4. The Kier molecular flexibility index (Phi) is 7.46. The number of carbonyl (C=O) groups excluding carboxylic acids is 1. The van der Waals surface area contributed by atoms with Gasteiger partial charge in [-0.1, -0.05) is 24.3 Å². The van der Waals surface area contributed by atoms with E-state index in [-0.39, 0.29) is 17.4 Å². The number of anilines is 3. The number of methoxy groups -OCH3 is 1. The van der Waals surface area contributed by atoms with Crippen LogP contribution >= 0.6 is 0 Å².